The highest BCUT2D eigenvalue weighted by molar-refractivity contribution is 5.81. The third-order valence-corrected chi connectivity index (χ3v) is 3.07. The zero-order valence-electron chi connectivity index (χ0n) is 8.09. The molecule has 1 N–H and O–H groups in total. The molecule has 2 fully saturated rings. The first-order valence-electron chi connectivity index (χ1n) is 5.33. The first-order valence-corrected chi connectivity index (χ1v) is 5.33. The highest BCUT2D eigenvalue weighted by Gasteiger charge is 2.25. The second-order valence-electron chi connectivity index (χ2n) is 4.11. The molecule has 3 nitrogen and oxygen atoms in total. The van der Waals surface area contributed by atoms with Crippen molar-refractivity contribution in [3.63, 3.8) is 0 Å². The van der Waals surface area contributed by atoms with Gasteiger partial charge in [0.2, 0.25) is 0 Å². The number of carbonyl (C=O) groups is 1. The Labute approximate surface area is 79.5 Å². The minimum Gasteiger partial charge on any atom is -0.315 e. The molecule has 2 saturated heterocycles. The lowest BCUT2D eigenvalue weighted by Crippen LogP contribution is -2.49. The van der Waals surface area contributed by atoms with Crippen molar-refractivity contribution in [2.24, 2.45) is 0 Å². The predicted molar refractivity (Wildman–Crippen MR) is 51.7 cm³/mol. The van der Waals surface area contributed by atoms with Gasteiger partial charge in [-0.25, -0.2) is 0 Å². The van der Waals surface area contributed by atoms with Gasteiger partial charge in [-0.15, -0.1) is 0 Å². The summed E-state index contributed by atoms with van der Waals surface area (Å²) < 4.78 is 0. The van der Waals surface area contributed by atoms with Crippen LogP contribution in [0, 0.1) is 0 Å². The maximum absolute atomic E-state index is 11.3. The molecular formula is C10H18N2O. The topological polar surface area (TPSA) is 32.3 Å². The third kappa shape index (κ3) is 2.29. The molecule has 2 rings (SSSR count). The Morgan fingerprint density at radius 2 is 2.31 bits per heavy atom. The van der Waals surface area contributed by atoms with Gasteiger partial charge in [0.1, 0.15) is 5.78 Å². The number of hydrogen-bond donors (Lipinski definition) is 1. The summed E-state index contributed by atoms with van der Waals surface area (Å²) in [4.78, 5) is 13.6. The van der Waals surface area contributed by atoms with Crippen molar-refractivity contribution in [1.82, 2.24) is 10.2 Å². The molecular weight excluding hydrogens is 164 g/mol. The van der Waals surface area contributed by atoms with Crippen molar-refractivity contribution in [3.8, 4) is 0 Å². The molecule has 0 bridgehead atoms. The maximum Gasteiger partial charge on any atom is 0.146 e. The fraction of sp³-hybridized carbons (Fsp3) is 0.900. The van der Waals surface area contributed by atoms with E-state index in [0.717, 1.165) is 32.5 Å². The molecule has 13 heavy (non-hydrogen) atoms. The van der Waals surface area contributed by atoms with Gasteiger partial charge in [0.05, 0.1) is 6.54 Å². The molecule has 2 aliphatic heterocycles. The summed E-state index contributed by atoms with van der Waals surface area (Å²) in [6.45, 7) is 4.05. The fourth-order valence-electron chi connectivity index (χ4n) is 2.32. The summed E-state index contributed by atoms with van der Waals surface area (Å²) >= 11 is 0. The van der Waals surface area contributed by atoms with E-state index in [2.05, 4.69) is 10.2 Å². The number of rotatable bonds is 1. The molecule has 3 heteroatoms. The summed E-state index contributed by atoms with van der Waals surface area (Å²) in [5.74, 6) is 0.428. The minimum absolute atomic E-state index is 0.428. The zero-order valence-corrected chi connectivity index (χ0v) is 8.09. The smallest absolute Gasteiger partial charge is 0.146 e. The normalized spacial score (nSPS) is 32.0. The van der Waals surface area contributed by atoms with Crippen molar-refractivity contribution < 1.29 is 4.79 Å². The molecule has 0 radical (unpaired) electrons. The summed E-state index contributed by atoms with van der Waals surface area (Å²) in [5, 5.41) is 3.39. The Morgan fingerprint density at radius 3 is 3.00 bits per heavy atom. The molecule has 74 valence electrons. The highest BCUT2D eigenvalue weighted by Crippen LogP contribution is 2.14. The molecule has 1 atom stereocenters. The van der Waals surface area contributed by atoms with Crippen molar-refractivity contribution in [1.29, 1.82) is 0 Å². The van der Waals surface area contributed by atoms with Crippen molar-refractivity contribution in [2.75, 3.05) is 26.2 Å². The van der Waals surface area contributed by atoms with Crippen LogP contribution in [0.2, 0.25) is 0 Å². The van der Waals surface area contributed by atoms with Crippen LogP contribution in [0.1, 0.15) is 25.7 Å². The second kappa shape index (κ2) is 4.20. The number of ketones is 1. The average Bonchev–Trinajstić information content (AvgIpc) is 2.19. The number of carbonyl (C=O) groups excluding carboxylic acids is 1. The number of Topliss-reactive ketones (excluding diaryl/α,β-unsaturated/α-hetero) is 1. The van der Waals surface area contributed by atoms with E-state index >= 15 is 0 Å². The van der Waals surface area contributed by atoms with E-state index in [1.165, 1.54) is 12.8 Å². The Kier molecular flexibility index (Phi) is 2.96. The van der Waals surface area contributed by atoms with E-state index in [9.17, 15) is 4.79 Å². The lowest BCUT2D eigenvalue weighted by molar-refractivity contribution is -0.123. The van der Waals surface area contributed by atoms with E-state index in [1.54, 1.807) is 0 Å². The van der Waals surface area contributed by atoms with Gasteiger partial charge < -0.3 is 5.32 Å². The minimum atomic E-state index is 0.428. The van der Waals surface area contributed by atoms with Crippen LogP contribution < -0.4 is 5.32 Å². The monoisotopic (exact) mass is 182 g/mol. The van der Waals surface area contributed by atoms with Gasteiger partial charge in [-0.3, -0.25) is 9.69 Å². The quantitative estimate of drug-likeness (QED) is 0.637. The molecule has 0 amide bonds. The Hall–Kier alpha value is -0.410. The molecule has 0 aromatic heterocycles. The molecule has 2 aliphatic rings. The molecule has 0 spiro atoms. The van der Waals surface area contributed by atoms with Gasteiger partial charge in [0, 0.05) is 19.0 Å². The van der Waals surface area contributed by atoms with Crippen molar-refractivity contribution >= 4 is 5.78 Å². The van der Waals surface area contributed by atoms with Crippen LogP contribution in [0.5, 0.6) is 0 Å². The summed E-state index contributed by atoms with van der Waals surface area (Å²) in [6.07, 6.45) is 4.39. The number of likely N-dealkylation sites (tertiary alicyclic amines) is 1. The molecule has 0 aromatic rings. The molecule has 0 aliphatic carbocycles. The van der Waals surface area contributed by atoms with E-state index in [-0.39, 0.29) is 0 Å². The number of hydrogen-bond acceptors (Lipinski definition) is 3. The highest BCUT2D eigenvalue weighted by atomic mass is 16.1. The molecule has 0 saturated carbocycles. The fourth-order valence-corrected chi connectivity index (χ4v) is 2.32. The summed E-state index contributed by atoms with van der Waals surface area (Å²) in [7, 11) is 0. The van der Waals surface area contributed by atoms with Crippen LogP contribution in [0.4, 0.5) is 0 Å². The van der Waals surface area contributed by atoms with Gasteiger partial charge in [0.25, 0.3) is 0 Å². The second-order valence-corrected chi connectivity index (χ2v) is 4.11. The standard InChI is InChI=1S/C10H18N2O/c13-10-4-2-6-12(8-10)9-3-1-5-11-7-9/h9,11H,1-8H2/t9-/m0/s1. The Morgan fingerprint density at radius 1 is 1.38 bits per heavy atom. The zero-order chi connectivity index (χ0) is 9.10. The summed E-state index contributed by atoms with van der Waals surface area (Å²) in [6, 6.07) is 0.623. The predicted octanol–water partition coefficient (Wildman–Crippen LogP) is 0.403. The van der Waals surface area contributed by atoms with Crippen LogP contribution in [0.15, 0.2) is 0 Å². The first-order chi connectivity index (χ1) is 6.36. The van der Waals surface area contributed by atoms with Gasteiger partial charge >= 0.3 is 0 Å². The largest absolute Gasteiger partial charge is 0.315 e. The Balaban J connectivity index is 1.87. The number of nitrogens with one attached hydrogen (secondary N) is 1. The lowest BCUT2D eigenvalue weighted by Gasteiger charge is -2.36. The summed E-state index contributed by atoms with van der Waals surface area (Å²) in [5.41, 5.74) is 0. The third-order valence-electron chi connectivity index (χ3n) is 3.07. The molecule has 2 heterocycles. The van der Waals surface area contributed by atoms with Crippen molar-refractivity contribution in [2.45, 2.75) is 31.7 Å². The van der Waals surface area contributed by atoms with E-state index in [4.69, 9.17) is 0 Å². The Bertz CT molecular complexity index is 187. The SMILES string of the molecule is O=C1CCCN([C@H]2CCCNC2)C1. The number of piperidine rings is 2. The van der Waals surface area contributed by atoms with E-state index in [0.29, 0.717) is 18.4 Å². The van der Waals surface area contributed by atoms with Gasteiger partial charge in [-0.05, 0) is 32.4 Å². The van der Waals surface area contributed by atoms with Crippen LogP contribution in [-0.2, 0) is 4.79 Å². The van der Waals surface area contributed by atoms with Crippen LogP contribution in [0.25, 0.3) is 0 Å². The van der Waals surface area contributed by atoms with Crippen molar-refractivity contribution in [3.05, 3.63) is 0 Å². The van der Waals surface area contributed by atoms with Gasteiger partial charge in [-0.1, -0.05) is 0 Å². The van der Waals surface area contributed by atoms with Crippen LogP contribution in [-0.4, -0.2) is 42.9 Å². The molecule has 0 aromatic carbocycles. The number of nitrogens with zero attached hydrogens (tertiary/aromatic N) is 1. The molecule has 0 unspecified atom stereocenters. The van der Waals surface area contributed by atoms with E-state index in [1.807, 2.05) is 0 Å². The van der Waals surface area contributed by atoms with Gasteiger partial charge in [0.15, 0.2) is 0 Å². The van der Waals surface area contributed by atoms with E-state index < -0.39 is 0 Å². The average molecular weight is 182 g/mol. The lowest BCUT2D eigenvalue weighted by atomic mass is 10.0. The van der Waals surface area contributed by atoms with Gasteiger partial charge in [-0.2, -0.15) is 0 Å². The first kappa shape index (κ1) is 9.16. The van der Waals surface area contributed by atoms with Crippen LogP contribution in [0.3, 0.4) is 0 Å². The van der Waals surface area contributed by atoms with Crippen LogP contribution >= 0.6 is 0 Å². The maximum atomic E-state index is 11.3.